The van der Waals surface area contributed by atoms with Gasteiger partial charge in [-0.2, -0.15) is 5.21 Å². The van der Waals surface area contributed by atoms with Gasteiger partial charge in [-0.3, -0.25) is 4.79 Å². The van der Waals surface area contributed by atoms with Crippen LogP contribution in [-0.4, -0.2) is 27.2 Å². The van der Waals surface area contributed by atoms with Crippen LogP contribution in [0.4, 0.5) is 0 Å². The van der Waals surface area contributed by atoms with Crippen molar-refractivity contribution in [1.82, 2.24) is 20.6 Å². The predicted octanol–water partition coefficient (Wildman–Crippen LogP) is 0.0316. The van der Waals surface area contributed by atoms with E-state index in [2.05, 4.69) is 20.6 Å². The first-order valence-electron chi connectivity index (χ1n) is 7.63. The first-order valence-corrected chi connectivity index (χ1v) is 7.63. The van der Waals surface area contributed by atoms with E-state index in [0.29, 0.717) is 40.1 Å². The van der Waals surface area contributed by atoms with Crippen molar-refractivity contribution in [2.45, 2.75) is 13.3 Å². The number of rotatable bonds is 4. The summed E-state index contributed by atoms with van der Waals surface area (Å²) in [6.07, 6.45) is 0.906. The normalized spacial score (nSPS) is 10.8. The number of aromatic nitrogens is 4. The summed E-state index contributed by atoms with van der Waals surface area (Å²) in [5.41, 5.74) is 1.63. The Labute approximate surface area is 166 Å². The summed E-state index contributed by atoms with van der Waals surface area (Å²) in [5.74, 6) is 1.11. The third-order valence-corrected chi connectivity index (χ3v) is 3.72. The van der Waals surface area contributed by atoms with E-state index >= 15 is 0 Å². The SMILES string of the molecule is CCCOc1ccc2oc3cc(-c4nn[nH]n4)ccc3c(=O)c2c1.[H-].[Na+]. The monoisotopic (exact) mass is 346 g/mol. The van der Waals surface area contributed by atoms with Gasteiger partial charge in [0.15, 0.2) is 0 Å². The molecule has 0 atom stereocenters. The second-order valence-electron chi connectivity index (χ2n) is 5.38. The topological polar surface area (TPSA) is 93.9 Å². The molecule has 0 aliphatic carbocycles. The Morgan fingerprint density at radius 1 is 1.16 bits per heavy atom. The summed E-state index contributed by atoms with van der Waals surface area (Å²) < 4.78 is 11.5. The summed E-state index contributed by atoms with van der Waals surface area (Å²) in [6, 6.07) is 10.5. The van der Waals surface area contributed by atoms with Gasteiger partial charge in [-0.05, 0) is 42.0 Å². The van der Waals surface area contributed by atoms with Crippen LogP contribution in [0.3, 0.4) is 0 Å². The van der Waals surface area contributed by atoms with Crippen LogP contribution in [0.2, 0.25) is 0 Å². The molecule has 0 fully saturated rings. The molecule has 2 aromatic heterocycles. The predicted molar refractivity (Wildman–Crippen MR) is 90.1 cm³/mol. The number of ether oxygens (including phenoxy) is 1. The number of nitrogens with one attached hydrogen (secondary N) is 1. The van der Waals surface area contributed by atoms with E-state index in [1.165, 1.54) is 0 Å². The van der Waals surface area contributed by atoms with Gasteiger partial charge in [-0.25, -0.2) is 0 Å². The van der Waals surface area contributed by atoms with E-state index in [9.17, 15) is 4.79 Å². The molecule has 8 heteroatoms. The van der Waals surface area contributed by atoms with Crippen molar-refractivity contribution in [3.8, 4) is 17.1 Å². The standard InChI is InChI=1S/C17H14N4O3.Na.H/c1-2-7-23-11-4-6-14-13(9-11)16(22)12-5-3-10(8-15(12)24-14)17-18-20-21-19-17;;/h3-6,8-9H,2,7H2,1H3,(H,18,19,20,21);;/q;+1;-1. The molecule has 2 aromatic carbocycles. The number of benzene rings is 2. The molecule has 0 saturated heterocycles. The van der Waals surface area contributed by atoms with Gasteiger partial charge < -0.3 is 10.6 Å². The average molecular weight is 346 g/mol. The third-order valence-electron chi connectivity index (χ3n) is 3.72. The number of tetrazole rings is 1. The molecule has 0 aliphatic heterocycles. The van der Waals surface area contributed by atoms with Gasteiger partial charge in [0.2, 0.25) is 11.3 Å². The second kappa shape index (κ2) is 7.35. The van der Waals surface area contributed by atoms with E-state index in [1.54, 1.807) is 36.4 Å². The zero-order valence-electron chi connectivity index (χ0n) is 14.9. The molecular formula is C17H15N4NaO3. The van der Waals surface area contributed by atoms with E-state index < -0.39 is 0 Å². The average Bonchev–Trinajstić information content (AvgIpc) is 3.14. The first kappa shape index (κ1) is 17.6. The van der Waals surface area contributed by atoms with E-state index in [0.717, 1.165) is 12.0 Å². The van der Waals surface area contributed by atoms with E-state index in [4.69, 9.17) is 9.15 Å². The minimum Gasteiger partial charge on any atom is -1.00 e. The molecule has 4 rings (SSSR count). The summed E-state index contributed by atoms with van der Waals surface area (Å²) in [7, 11) is 0. The van der Waals surface area contributed by atoms with Crippen molar-refractivity contribution in [2.75, 3.05) is 6.61 Å². The molecule has 4 aromatic rings. The third kappa shape index (κ3) is 3.30. The summed E-state index contributed by atoms with van der Waals surface area (Å²) in [4.78, 5) is 12.7. The maximum absolute atomic E-state index is 12.7. The molecule has 0 spiro atoms. The van der Waals surface area contributed by atoms with Crippen molar-refractivity contribution in [1.29, 1.82) is 0 Å². The Morgan fingerprint density at radius 2 is 2.04 bits per heavy atom. The van der Waals surface area contributed by atoms with Gasteiger partial charge in [0.25, 0.3) is 0 Å². The summed E-state index contributed by atoms with van der Waals surface area (Å²) >= 11 is 0. The molecule has 2 heterocycles. The molecule has 0 unspecified atom stereocenters. The molecule has 1 N–H and O–H groups in total. The van der Waals surface area contributed by atoms with Gasteiger partial charge in [0.1, 0.15) is 16.9 Å². The Balaban J connectivity index is 0.00000121. The number of H-pyrrole nitrogens is 1. The summed E-state index contributed by atoms with van der Waals surface area (Å²) in [5, 5.41) is 14.8. The fourth-order valence-electron chi connectivity index (χ4n) is 2.57. The second-order valence-corrected chi connectivity index (χ2v) is 5.38. The molecule has 7 nitrogen and oxygen atoms in total. The number of fused-ring (bicyclic) bond motifs is 2. The van der Waals surface area contributed by atoms with Crippen molar-refractivity contribution in [3.05, 3.63) is 46.6 Å². The number of hydrogen-bond donors (Lipinski definition) is 1. The minimum atomic E-state index is -0.0899. The van der Waals surface area contributed by atoms with Crippen LogP contribution in [0.1, 0.15) is 14.8 Å². The fraction of sp³-hybridized carbons (Fsp3) is 0.176. The Morgan fingerprint density at radius 3 is 2.80 bits per heavy atom. The van der Waals surface area contributed by atoms with E-state index in [1.807, 2.05) is 6.92 Å². The van der Waals surface area contributed by atoms with Crippen LogP contribution >= 0.6 is 0 Å². The quantitative estimate of drug-likeness (QED) is 0.414. The zero-order valence-corrected chi connectivity index (χ0v) is 15.9. The Hall–Kier alpha value is -2.22. The largest absolute Gasteiger partial charge is 1.00 e. The van der Waals surface area contributed by atoms with Crippen molar-refractivity contribution >= 4 is 21.9 Å². The minimum absolute atomic E-state index is 0. The molecular weight excluding hydrogens is 331 g/mol. The molecule has 0 bridgehead atoms. The Bertz CT molecular complexity index is 1080. The maximum Gasteiger partial charge on any atom is 1.00 e. The van der Waals surface area contributed by atoms with Gasteiger partial charge in [-0.15, -0.1) is 10.2 Å². The zero-order chi connectivity index (χ0) is 16.5. The van der Waals surface area contributed by atoms with Crippen LogP contribution in [0.5, 0.6) is 5.75 Å². The van der Waals surface area contributed by atoms with Crippen molar-refractivity contribution in [3.63, 3.8) is 0 Å². The molecule has 0 radical (unpaired) electrons. The van der Waals surface area contributed by atoms with Gasteiger partial charge in [-0.1, -0.05) is 13.0 Å². The van der Waals surface area contributed by atoms with E-state index in [-0.39, 0.29) is 36.4 Å². The first-order chi connectivity index (χ1) is 11.8. The van der Waals surface area contributed by atoms with Crippen molar-refractivity contribution in [2.24, 2.45) is 0 Å². The van der Waals surface area contributed by atoms with Crippen LogP contribution < -0.4 is 39.7 Å². The number of hydrogen-bond acceptors (Lipinski definition) is 6. The molecule has 25 heavy (non-hydrogen) atoms. The van der Waals surface area contributed by atoms with Gasteiger partial charge >= 0.3 is 29.6 Å². The molecule has 0 amide bonds. The van der Waals surface area contributed by atoms with Crippen LogP contribution in [0.25, 0.3) is 33.3 Å². The smallest absolute Gasteiger partial charge is 1.00 e. The number of aromatic amines is 1. The fourth-order valence-corrected chi connectivity index (χ4v) is 2.57. The summed E-state index contributed by atoms with van der Waals surface area (Å²) in [6.45, 7) is 2.64. The molecule has 122 valence electrons. The van der Waals surface area contributed by atoms with Crippen LogP contribution in [0.15, 0.2) is 45.6 Å². The molecule has 0 saturated carbocycles. The van der Waals surface area contributed by atoms with Gasteiger partial charge in [0.05, 0.1) is 17.4 Å². The Kier molecular flexibility index (Phi) is 5.17. The van der Waals surface area contributed by atoms with Crippen LogP contribution in [0, 0.1) is 0 Å². The maximum atomic E-state index is 12.7. The molecule has 0 aliphatic rings. The number of nitrogens with zero attached hydrogens (tertiary/aromatic N) is 3. The van der Waals surface area contributed by atoms with Gasteiger partial charge in [0, 0.05) is 5.56 Å². The van der Waals surface area contributed by atoms with Crippen molar-refractivity contribution < 1.29 is 40.1 Å². The van der Waals surface area contributed by atoms with Crippen LogP contribution in [-0.2, 0) is 0 Å².